The van der Waals surface area contributed by atoms with Gasteiger partial charge in [0.2, 0.25) is 5.91 Å². The molecule has 0 saturated carbocycles. The van der Waals surface area contributed by atoms with Crippen LogP contribution >= 0.6 is 23.5 Å². The van der Waals surface area contributed by atoms with Gasteiger partial charge in [0.1, 0.15) is 24.1 Å². The number of aliphatic hydroxyl groups is 2. The van der Waals surface area contributed by atoms with E-state index in [1.54, 1.807) is 0 Å². The summed E-state index contributed by atoms with van der Waals surface area (Å²) in [4.78, 5) is 69.8. The van der Waals surface area contributed by atoms with Gasteiger partial charge < -0.3 is 48.9 Å². The van der Waals surface area contributed by atoms with E-state index in [-0.39, 0.29) is 124 Å². The summed E-state index contributed by atoms with van der Waals surface area (Å²) in [5.41, 5.74) is -1.03. The normalized spacial score (nSPS) is 24.4. The standard InChI is InChI=1S/C11H18N3O15P3.4Na/c1-5(15)12-7-2-3-14(11(18)13-7)10-9(17)8(16)6(27-10)4-26-31(22,23)29-32(24,25)28-30(19,20)21;;;;/h2-3,6,8-10,16-17H,4H2,1H3,(H,22,23)(H,24,25)(H2,19,20,21)(H,12,13,15,18);;;;/q;4*+1/p-4/t6-,8-,9-,10-;;;;/m1..../s1. The summed E-state index contributed by atoms with van der Waals surface area (Å²) in [6.45, 7) is -0.0115. The molecule has 1 fully saturated rings. The second-order valence-electron chi connectivity index (χ2n) is 6.03. The van der Waals surface area contributed by atoms with Crippen LogP contribution in [0.5, 0.6) is 0 Å². The van der Waals surface area contributed by atoms with Crippen molar-refractivity contribution in [2.75, 3.05) is 11.9 Å². The maximum absolute atomic E-state index is 12.1. The number of aromatic nitrogens is 2. The number of aliphatic hydroxyl groups excluding tert-OH is 2. The summed E-state index contributed by atoms with van der Waals surface area (Å²) in [5.74, 6) is -0.647. The van der Waals surface area contributed by atoms with Gasteiger partial charge in [-0.2, -0.15) is 4.98 Å². The van der Waals surface area contributed by atoms with E-state index in [9.17, 15) is 53.1 Å². The number of amides is 1. The molecule has 2 rings (SSSR count). The molecule has 3 N–H and O–H groups in total. The molecule has 1 aromatic rings. The molecule has 0 aliphatic carbocycles. The third-order valence-electron chi connectivity index (χ3n) is 3.54. The molecule has 1 aliphatic rings. The fourth-order valence-corrected chi connectivity index (χ4v) is 5.27. The van der Waals surface area contributed by atoms with Crippen molar-refractivity contribution >= 4 is 35.2 Å². The molecule has 0 radical (unpaired) electrons. The van der Waals surface area contributed by atoms with E-state index in [0.717, 1.165) is 19.2 Å². The van der Waals surface area contributed by atoms with Crippen LogP contribution in [-0.2, 0) is 36.4 Å². The van der Waals surface area contributed by atoms with Crippen molar-refractivity contribution in [1.29, 1.82) is 0 Å². The van der Waals surface area contributed by atoms with Gasteiger partial charge in [-0.25, -0.2) is 9.11 Å². The molecular formula is C11H14N3Na4O15P3. The molecule has 1 aromatic heterocycles. The Morgan fingerprint density at radius 2 is 1.64 bits per heavy atom. The SMILES string of the molecule is CC(=O)Nc1ccn([C@@H]2O[C@H](COP(=O)([O-])OP(=O)([O-])OP(=O)([O-])[O-])[C@@H](O)[C@H]2O)c(=O)n1.[Na+].[Na+].[Na+].[Na+]. The smallest absolute Gasteiger partial charge is 0.790 e. The number of carbonyl (C=O) groups excluding carboxylic acids is 1. The Labute approximate surface area is 291 Å². The summed E-state index contributed by atoms with van der Waals surface area (Å²) in [6, 6.07) is 1.16. The van der Waals surface area contributed by atoms with Gasteiger partial charge in [0.25, 0.3) is 15.6 Å². The Hall–Kier alpha value is 2.64. The van der Waals surface area contributed by atoms with Crippen molar-refractivity contribution in [1.82, 2.24) is 9.55 Å². The molecule has 182 valence electrons. The fourth-order valence-electron chi connectivity index (χ4n) is 2.40. The minimum absolute atomic E-state index is 0. The Morgan fingerprint density at radius 3 is 2.11 bits per heavy atom. The molecule has 1 saturated heterocycles. The molecule has 18 nitrogen and oxygen atoms in total. The van der Waals surface area contributed by atoms with Crippen LogP contribution in [-0.4, -0.2) is 50.6 Å². The monoisotopic (exact) mass is 613 g/mol. The van der Waals surface area contributed by atoms with Crippen LogP contribution in [0.4, 0.5) is 5.82 Å². The number of nitrogens with zero attached hydrogens (tertiary/aromatic N) is 2. The number of phosphoric acid groups is 3. The second kappa shape index (κ2) is 17.6. The first-order valence-corrected chi connectivity index (χ1v) is 12.5. The van der Waals surface area contributed by atoms with Gasteiger partial charge in [-0.3, -0.25) is 22.8 Å². The van der Waals surface area contributed by atoms with Crippen molar-refractivity contribution in [3.8, 4) is 0 Å². The van der Waals surface area contributed by atoms with Gasteiger partial charge in [-0.1, -0.05) is 0 Å². The third kappa shape index (κ3) is 14.0. The fraction of sp³-hybridized carbons (Fsp3) is 0.545. The Morgan fingerprint density at radius 1 is 1.08 bits per heavy atom. The molecule has 36 heavy (non-hydrogen) atoms. The maximum Gasteiger partial charge on any atom is 1.00 e. The van der Waals surface area contributed by atoms with Gasteiger partial charge in [0.15, 0.2) is 6.23 Å². The minimum atomic E-state index is -6.18. The molecule has 2 heterocycles. The first kappa shape index (κ1) is 43.1. The van der Waals surface area contributed by atoms with Gasteiger partial charge in [0, 0.05) is 13.1 Å². The van der Waals surface area contributed by atoms with Crippen LogP contribution in [0.1, 0.15) is 13.2 Å². The van der Waals surface area contributed by atoms with E-state index in [0.29, 0.717) is 4.57 Å². The third-order valence-corrected chi connectivity index (χ3v) is 7.21. The first-order valence-electron chi connectivity index (χ1n) is 8.09. The number of ether oxygens (including phenoxy) is 1. The Kier molecular flexibility index (Phi) is 21.0. The minimum Gasteiger partial charge on any atom is -0.790 e. The van der Waals surface area contributed by atoms with Crippen molar-refractivity contribution in [3.63, 3.8) is 0 Å². The number of phosphoric ester groups is 1. The van der Waals surface area contributed by atoms with E-state index >= 15 is 0 Å². The molecule has 0 aromatic carbocycles. The Bertz CT molecular complexity index is 1070. The summed E-state index contributed by atoms with van der Waals surface area (Å²) in [5, 5.41) is 22.3. The molecular weight excluding hydrogens is 599 g/mol. The summed E-state index contributed by atoms with van der Waals surface area (Å²) in [7, 11) is -18.2. The number of anilines is 1. The van der Waals surface area contributed by atoms with Crippen molar-refractivity contribution < 1.29 is 184 Å². The maximum atomic E-state index is 12.1. The van der Waals surface area contributed by atoms with E-state index in [2.05, 4.69) is 23.4 Å². The zero-order valence-corrected chi connectivity index (χ0v) is 30.3. The predicted octanol–water partition coefficient (Wildman–Crippen LogP) is -16.3. The quantitative estimate of drug-likeness (QED) is 0.172. The molecule has 1 amide bonds. The number of hydrogen-bond acceptors (Lipinski definition) is 16. The molecule has 6 atom stereocenters. The van der Waals surface area contributed by atoms with Gasteiger partial charge in [-0.15, -0.1) is 0 Å². The van der Waals surface area contributed by atoms with Crippen LogP contribution < -0.4 is 149 Å². The predicted molar refractivity (Wildman–Crippen MR) is 89.7 cm³/mol. The summed E-state index contributed by atoms with van der Waals surface area (Å²) in [6.07, 6.45) is -5.90. The van der Waals surface area contributed by atoms with Crippen molar-refractivity contribution in [2.45, 2.75) is 31.5 Å². The largest absolute Gasteiger partial charge is 1.00 e. The summed E-state index contributed by atoms with van der Waals surface area (Å²) >= 11 is 0. The number of hydrogen-bond donors (Lipinski definition) is 3. The number of nitrogens with one attached hydrogen (secondary N) is 1. The van der Waals surface area contributed by atoms with Crippen LogP contribution in [0.25, 0.3) is 0 Å². The average Bonchev–Trinajstić information content (AvgIpc) is 2.85. The molecule has 0 bridgehead atoms. The number of carbonyl (C=O) groups is 1. The van der Waals surface area contributed by atoms with Crippen LogP contribution in [0.2, 0.25) is 0 Å². The number of rotatable bonds is 9. The topological polar surface area (TPSA) is 285 Å². The summed E-state index contributed by atoms with van der Waals surface area (Å²) < 4.78 is 49.3. The van der Waals surface area contributed by atoms with Crippen LogP contribution in [0.3, 0.4) is 0 Å². The Balaban J connectivity index is -0.00000272. The van der Waals surface area contributed by atoms with E-state index in [1.165, 1.54) is 0 Å². The second-order valence-corrected chi connectivity index (χ2v) is 10.3. The first-order chi connectivity index (χ1) is 14.5. The van der Waals surface area contributed by atoms with E-state index < -0.39 is 66.2 Å². The van der Waals surface area contributed by atoms with Gasteiger partial charge in [0.05, 0.1) is 14.4 Å². The van der Waals surface area contributed by atoms with Gasteiger partial charge in [-0.05, 0) is 6.07 Å². The van der Waals surface area contributed by atoms with Crippen molar-refractivity contribution in [3.05, 3.63) is 22.7 Å². The average molecular weight is 613 g/mol. The van der Waals surface area contributed by atoms with Gasteiger partial charge >= 0.3 is 124 Å². The van der Waals surface area contributed by atoms with Crippen molar-refractivity contribution in [2.24, 2.45) is 0 Å². The zero-order chi connectivity index (χ0) is 24.5. The molecule has 0 spiro atoms. The van der Waals surface area contributed by atoms with Crippen LogP contribution in [0, 0.1) is 0 Å². The molecule has 2 unspecified atom stereocenters. The molecule has 1 aliphatic heterocycles. The van der Waals surface area contributed by atoms with Crippen LogP contribution in [0.15, 0.2) is 17.1 Å². The molecule has 25 heteroatoms. The zero-order valence-electron chi connectivity index (χ0n) is 19.6. The van der Waals surface area contributed by atoms with E-state index in [4.69, 9.17) is 4.74 Å². The van der Waals surface area contributed by atoms with E-state index in [1.807, 2.05) is 0 Å².